The summed E-state index contributed by atoms with van der Waals surface area (Å²) >= 11 is 5.63. The van der Waals surface area contributed by atoms with Gasteiger partial charge in [-0.3, -0.25) is 4.79 Å². The van der Waals surface area contributed by atoms with Gasteiger partial charge in [0.15, 0.2) is 5.78 Å². The van der Waals surface area contributed by atoms with E-state index in [-0.39, 0.29) is 11.7 Å². The summed E-state index contributed by atoms with van der Waals surface area (Å²) in [5.41, 5.74) is 2.93. The van der Waals surface area contributed by atoms with Gasteiger partial charge in [-0.25, -0.2) is 0 Å². The van der Waals surface area contributed by atoms with Crippen molar-refractivity contribution < 1.29 is 4.79 Å². The number of ketones is 1. The first-order valence-corrected chi connectivity index (χ1v) is 7.06. The van der Waals surface area contributed by atoms with E-state index < -0.39 is 0 Å². The van der Waals surface area contributed by atoms with Crippen molar-refractivity contribution >= 4 is 17.4 Å². The maximum atomic E-state index is 11.7. The molecule has 0 unspecified atom stereocenters. The fourth-order valence-electron chi connectivity index (χ4n) is 2.28. The fraction of sp³-hybridized carbons (Fsp3) is 0.643. The number of carbonyl (C=O) groups excluding carboxylic acids is 1. The van der Waals surface area contributed by atoms with Gasteiger partial charge in [0.1, 0.15) is 0 Å². The predicted octanol–water partition coefficient (Wildman–Crippen LogP) is 2.87. The largest absolute Gasteiger partial charge is 0.347 e. The number of rotatable bonds is 7. The molecule has 0 aliphatic heterocycles. The Labute approximate surface area is 115 Å². The van der Waals surface area contributed by atoms with Crippen LogP contribution in [0, 0.1) is 13.8 Å². The van der Waals surface area contributed by atoms with Gasteiger partial charge in [0, 0.05) is 30.0 Å². The Morgan fingerprint density at radius 1 is 1.33 bits per heavy atom. The Bertz CT molecular complexity index is 408. The molecule has 1 heterocycles. The van der Waals surface area contributed by atoms with Crippen LogP contribution in [0.5, 0.6) is 0 Å². The molecule has 3 nitrogen and oxygen atoms in total. The van der Waals surface area contributed by atoms with Gasteiger partial charge in [-0.1, -0.05) is 13.8 Å². The third-order valence-corrected chi connectivity index (χ3v) is 3.77. The molecule has 0 saturated heterocycles. The third-order valence-electron chi connectivity index (χ3n) is 3.53. The molecule has 0 amide bonds. The average molecular weight is 271 g/mol. The molecule has 4 heteroatoms. The number of likely N-dealkylation sites (N-methyl/N-ethyl adjacent to an activating group) is 1. The second kappa shape index (κ2) is 6.95. The highest BCUT2D eigenvalue weighted by Crippen LogP contribution is 2.16. The summed E-state index contributed by atoms with van der Waals surface area (Å²) in [4.78, 5) is 14.1. The lowest BCUT2D eigenvalue weighted by atomic mass is 10.2. The summed E-state index contributed by atoms with van der Waals surface area (Å²) < 4.78 is 2.21. The first kappa shape index (κ1) is 15.3. The van der Waals surface area contributed by atoms with Crippen molar-refractivity contribution in [2.75, 3.05) is 25.5 Å². The summed E-state index contributed by atoms with van der Waals surface area (Å²) in [5, 5.41) is 0. The first-order chi connectivity index (χ1) is 8.54. The molecule has 0 aliphatic rings. The minimum absolute atomic E-state index is 0.0128. The van der Waals surface area contributed by atoms with Crippen LogP contribution >= 0.6 is 11.6 Å². The lowest BCUT2D eigenvalue weighted by Gasteiger charge is -2.19. The minimum atomic E-state index is 0.0128. The Morgan fingerprint density at radius 2 is 1.94 bits per heavy atom. The van der Waals surface area contributed by atoms with E-state index in [4.69, 9.17) is 11.6 Å². The normalized spacial score (nSPS) is 11.2. The Morgan fingerprint density at radius 3 is 2.44 bits per heavy atom. The van der Waals surface area contributed by atoms with Gasteiger partial charge >= 0.3 is 0 Å². The number of alkyl halides is 1. The van der Waals surface area contributed by atoms with Crippen LogP contribution < -0.4 is 0 Å². The highest BCUT2D eigenvalue weighted by Gasteiger charge is 2.14. The molecule has 0 aliphatic carbocycles. The lowest BCUT2D eigenvalue weighted by molar-refractivity contribution is 0.102. The van der Waals surface area contributed by atoms with Crippen molar-refractivity contribution in [1.29, 1.82) is 0 Å². The van der Waals surface area contributed by atoms with Gasteiger partial charge in [0.2, 0.25) is 0 Å². The number of aryl methyl sites for hydroxylation is 1. The molecule has 0 atom stereocenters. The molecule has 1 aromatic rings. The molecule has 1 aromatic heterocycles. The molecule has 1 rings (SSSR count). The predicted molar refractivity (Wildman–Crippen MR) is 76.7 cm³/mol. The molecule has 0 fully saturated rings. The van der Waals surface area contributed by atoms with Crippen LogP contribution in [0.2, 0.25) is 0 Å². The van der Waals surface area contributed by atoms with E-state index >= 15 is 0 Å². The number of carbonyl (C=O) groups is 1. The summed E-state index contributed by atoms with van der Waals surface area (Å²) in [6.07, 6.45) is 0. The van der Waals surface area contributed by atoms with Crippen molar-refractivity contribution in [2.45, 2.75) is 34.2 Å². The summed E-state index contributed by atoms with van der Waals surface area (Å²) in [5.74, 6) is 0.0687. The number of Topliss-reactive ketones (excluding diaryl/α,β-unsaturated/α-hetero) is 1. The molecule has 18 heavy (non-hydrogen) atoms. The zero-order valence-corrected chi connectivity index (χ0v) is 12.5. The summed E-state index contributed by atoms with van der Waals surface area (Å²) in [6, 6.07) is 1.95. The molecule has 0 aromatic carbocycles. The summed E-state index contributed by atoms with van der Waals surface area (Å²) in [6.45, 7) is 12.4. The van der Waals surface area contributed by atoms with Crippen molar-refractivity contribution in [1.82, 2.24) is 9.47 Å². The standard InChI is InChI=1S/C14H23ClN2O/c1-5-16(6-2)7-8-17-11(3)9-13(12(17)4)14(18)10-15/h9H,5-8,10H2,1-4H3. The van der Waals surface area contributed by atoms with Crippen LogP contribution in [0.25, 0.3) is 0 Å². The monoisotopic (exact) mass is 270 g/mol. The Balaban J connectivity index is 2.83. The highest BCUT2D eigenvalue weighted by molar-refractivity contribution is 6.30. The minimum Gasteiger partial charge on any atom is -0.347 e. The van der Waals surface area contributed by atoms with E-state index in [1.54, 1.807) is 0 Å². The molecule has 0 bridgehead atoms. The molecule has 0 N–H and O–H groups in total. The molecular formula is C14H23ClN2O. The topological polar surface area (TPSA) is 25.2 Å². The van der Waals surface area contributed by atoms with Gasteiger partial charge in [0.05, 0.1) is 5.88 Å². The van der Waals surface area contributed by atoms with Crippen LogP contribution in [0.4, 0.5) is 0 Å². The van der Waals surface area contributed by atoms with Gasteiger partial charge in [0.25, 0.3) is 0 Å². The Hall–Kier alpha value is -0.800. The SMILES string of the molecule is CCN(CC)CCn1c(C)cc(C(=O)CCl)c1C. The molecule has 0 saturated carbocycles. The maximum absolute atomic E-state index is 11.7. The second-order valence-corrected chi connectivity index (χ2v) is 4.79. The first-order valence-electron chi connectivity index (χ1n) is 6.53. The van der Waals surface area contributed by atoms with Crippen LogP contribution in [0.3, 0.4) is 0 Å². The van der Waals surface area contributed by atoms with Crippen LogP contribution in [-0.4, -0.2) is 40.8 Å². The Kier molecular flexibility index (Phi) is 5.89. The van der Waals surface area contributed by atoms with Gasteiger partial charge in [-0.05, 0) is 33.0 Å². The van der Waals surface area contributed by atoms with Crippen molar-refractivity contribution in [3.8, 4) is 0 Å². The lowest BCUT2D eigenvalue weighted by Crippen LogP contribution is -2.27. The second-order valence-electron chi connectivity index (χ2n) is 4.52. The molecular weight excluding hydrogens is 248 g/mol. The van der Waals surface area contributed by atoms with Gasteiger partial charge in [-0.15, -0.1) is 11.6 Å². The van der Waals surface area contributed by atoms with Gasteiger partial charge in [-0.2, -0.15) is 0 Å². The van der Waals surface area contributed by atoms with Crippen molar-refractivity contribution in [2.24, 2.45) is 0 Å². The van der Waals surface area contributed by atoms with Crippen molar-refractivity contribution in [3.05, 3.63) is 23.0 Å². The van der Waals surface area contributed by atoms with E-state index in [2.05, 4.69) is 23.3 Å². The van der Waals surface area contributed by atoms with Crippen LogP contribution in [0.1, 0.15) is 35.6 Å². The molecule has 0 radical (unpaired) electrons. The highest BCUT2D eigenvalue weighted by atomic mass is 35.5. The van der Waals surface area contributed by atoms with Crippen LogP contribution in [0.15, 0.2) is 6.07 Å². The maximum Gasteiger partial charge on any atom is 0.179 e. The zero-order valence-electron chi connectivity index (χ0n) is 11.8. The number of hydrogen-bond acceptors (Lipinski definition) is 2. The molecule has 0 spiro atoms. The number of halogens is 1. The number of hydrogen-bond donors (Lipinski definition) is 0. The van der Waals surface area contributed by atoms with E-state index in [1.807, 2.05) is 19.9 Å². The average Bonchev–Trinajstić information content (AvgIpc) is 2.66. The van der Waals surface area contributed by atoms with Crippen molar-refractivity contribution in [3.63, 3.8) is 0 Å². The molecule has 102 valence electrons. The van der Waals surface area contributed by atoms with Gasteiger partial charge < -0.3 is 9.47 Å². The third kappa shape index (κ3) is 3.36. The fourth-order valence-corrected chi connectivity index (χ4v) is 2.42. The van der Waals surface area contributed by atoms with E-state index in [0.29, 0.717) is 0 Å². The van der Waals surface area contributed by atoms with E-state index in [1.165, 1.54) is 0 Å². The van der Waals surface area contributed by atoms with E-state index in [9.17, 15) is 4.79 Å². The summed E-state index contributed by atoms with van der Waals surface area (Å²) in [7, 11) is 0. The van der Waals surface area contributed by atoms with Crippen LogP contribution in [-0.2, 0) is 6.54 Å². The smallest absolute Gasteiger partial charge is 0.179 e. The number of aromatic nitrogens is 1. The van der Waals surface area contributed by atoms with E-state index in [0.717, 1.165) is 43.1 Å². The number of nitrogens with zero attached hydrogens (tertiary/aromatic N) is 2. The quantitative estimate of drug-likeness (QED) is 0.562. The zero-order chi connectivity index (χ0) is 13.7.